The van der Waals surface area contributed by atoms with Crippen LogP contribution in [0.1, 0.15) is 21.5 Å². The molecule has 4 aromatic rings. The Morgan fingerprint density at radius 1 is 1.00 bits per heavy atom. The molecule has 0 fully saturated rings. The Bertz CT molecular complexity index is 1230. The molecule has 0 bridgehead atoms. The lowest BCUT2D eigenvalue weighted by Crippen LogP contribution is -2.11. The van der Waals surface area contributed by atoms with Crippen LogP contribution in [0.15, 0.2) is 66.3 Å². The topological polar surface area (TPSA) is 85.4 Å². The molecule has 2 heterocycles. The van der Waals surface area contributed by atoms with E-state index in [9.17, 15) is 4.79 Å². The molecule has 0 atom stereocenters. The number of hydrogen-bond donors (Lipinski definition) is 2. The summed E-state index contributed by atoms with van der Waals surface area (Å²) in [5.41, 5.74) is 5.51. The first-order valence-corrected chi connectivity index (χ1v) is 11.7. The van der Waals surface area contributed by atoms with E-state index in [1.807, 2.05) is 55.6 Å². The molecular formula is C26H26N4O3S. The van der Waals surface area contributed by atoms with Crippen LogP contribution in [0, 0.1) is 13.8 Å². The van der Waals surface area contributed by atoms with Crippen LogP contribution in [0.2, 0.25) is 0 Å². The SMILES string of the molecule is COCCNc1ccc(Oc2cc(C)c(-c3csc(NC(=O)c4ccncc4)n3)c(C)c2)cc1. The number of carbonyl (C=O) groups is 1. The predicted molar refractivity (Wildman–Crippen MR) is 136 cm³/mol. The Morgan fingerprint density at radius 2 is 1.71 bits per heavy atom. The minimum absolute atomic E-state index is 0.208. The van der Waals surface area contributed by atoms with Gasteiger partial charge in [0.15, 0.2) is 5.13 Å². The lowest BCUT2D eigenvalue weighted by molar-refractivity contribution is 0.102. The van der Waals surface area contributed by atoms with E-state index in [1.165, 1.54) is 11.3 Å². The van der Waals surface area contributed by atoms with Crippen molar-refractivity contribution in [2.45, 2.75) is 13.8 Å². The van der Waals surface area contributed by atoms with Gasteiger partial charge in [0.1, 0.15) is 11.5 Å². The monoisotopic (exact) mass is 474 g/mol. The largest absolute Gasteiger partial charge is 0.457 e. The Labute approximate surface area is 202 Å². The molecule has 0 saturated carbocycles. The van der Waals surface area contributed by atoms with Crippen LogP contribution in [-0.4, -0.2) is 36.1 Å². The molecule has 0 aliphatic rings. The summed E-state index contributed by atoms with van der Waals surface area (Å²) in [5.74, 6) is 1.32. The minimum Gasteiger partial charge on any atom is -0.457 e. The van der Waals surface area contributed by atoms with Crippen molar-refractivity contribution in [3.05, 3.63) is 83.0 Å². The molecule has 1 amide bonds. The van der Waals surface area contributed by atoms with Crippen molar-refractivity contribution in [2.75, 3.05) is 30.9 Å². The van der Waals surface area contributed by atoms with Crippen LogP contribution >= 0.6 is 11.3 Å². The van der Waals surface area contributed by atoms with Gasteiger partial charge in [-0.3, -0.25) is 15.1 Å². The highest BCUT2D eigenvalue weighted by atomic mass is 32.1. The van der Waals surface area contributed by atoms with E-state index in [1.54, 1.807) is 31.6 Å². The number of anilines is 2. The average molecular weight is 475 g/mol. The molecule has 2 aromatic carbocycles. The first kappa shape index (κ1) is 23.4. The van der Waals surface area contributed by atoms with E-state index in [0.29, 0.717) is 17.3 Å². The van der Waals surface area contributed by atoms with Gasteiger partial charge in [0.05, 0.1) is 12.3 Å². The summed E-state index contributed by atoms with van der Waals surface area (Å²) in [7, 11) is 1.68. The Morgan fingerprint density at radius 3 is 2.38 bits per heavy atom. The molecule has 2 N–H and O–H groups in total. The highest BCUT2D eigenvalue weighted by molar-refractivity contribution is 7.14. The second kappa shape index (κ2) is 10.9. The maximum absolute atomic E-state index is 12.4. The number of benzene rings is 2. The first-order valence-electron chi connectivity index (χ1n) is 10.8. The summed E-state index contributed by atoms with van der Waals surface area (Å²) in [6, 6.07) is 15.2. The van der Waals surface area contributed by atoms with Crippen LogP contribution < -0.4 is 15.4 Å². The van der Waals surface area contributed by atoms with E-state index in [4.69, 9.17) is 9.47 Å². The third kappa shape index (κ3) is 5.78. The van der Waals surface area contributed by atoms with Gasteiger partial charge in [-0.2, -0.15) is 0 Å². The molecule has 2 aromatic heterocycles. The van der Waals surface area contributed by atoms with Crippen molar-refractivity contribution >= 4 is 28.1 Å². The molecule has 34 heavy (non-hydrogen) atoms. The summed E-state index contributed by atoms with van der Waals surface area (Å²) in [6.07, 6.45) is 3.18. The fourth-order valence-corrected chi connectivity index (χ4v) is 4.28. The molecule has 0 radical (unpaired) electrons. The highest BCUT2D eigenvalue weighted by Gasteiger charge is 2.14. The summed E-state index contributed by atoms with van der Waals surface area (Å²) in [5, 5.41) is 8.65. The number of carbonyl (C=O) groups excluding carboxylic acids is 1. The number of aryl methyl sites for hydroxylation is 2. The average Bonchev–Trinajstić information content (AvgIpc) is 3.28. The standard InChI is InChI=1S/C26H26N4O3S/c1-17-14-22(33-21-6-4-20(5-7-21)28-12-13-32-3)15-18(2)24(17)23-16-34-26(29-23)30-25(31)19-8-10-27-11-9-19/h4-11,14-16,28H,12-13H2,1-3H3,(H,29,30,31). The van der Waals surface area contributed by atoms with Crippen LogP contribution in [-0.2, 0) is 4.74 Å². The van der Waals surface area contributed by atoms with Crippen LogP contribution in [0.5, 0.6) is 11.5 Å². The van der Waals surface area contributed by atoms with Crippen LogP contribution in [0.4, 0.5) is 10.8 Å². The molecule has 0 saturated heterocycles. The summed E-state index contributed by atoms with van der Waals surface area (Å²) < 4.78 is 11.1. The summed E-state index contributed by atoms with van der Waals surface area (Å²) in [4.78, 5) is 21.0. The van der Waals surface area contributed by atoms with E-state index >= 15 is 0 Å². The van der Waals surface area contributed by atoms with Crippen molar-refractivity contribution < 1.29 is 14.3 Å². The van der Waals surface area contributed by atoms with Gasteiger partial charge in [-0.15, -0.1) is 11.3 Å². The molecule has 7 nitrogen and oxygen atoms in total. The normalized spacial score (nSPS) is 10.7. The maximum atomic E-state index is 12.4. The van der Waals surface area contributed by atoms with Gasteiger partial charge >= 0.3 is 0 Å². The lowest BCUT2D eigenvalue weighted by Gasteiger charge is -2.13. The summed E-state index contributed by atoms with van der Waals surface area (Å²) in [6.45, 7) is 5.47. The highest BCUT2D eigenvalue weighted by Crippen LogP contribution is 2.34. The Balaban J connectivity index is 1.45. The third-order valence-corrected chi connectivity index (χ3v) is 5.91. The maximum Gasteiger partial charge on any atom is 0.257 e. The zero-order valence-electron chi connectivity index (χ0n) is 19.3. The second-order valence-corrected chi connectivity index (χ2v) is 8.56. The molecule has 0 aliphatic heterocycles. The smallest absolute Gasteiger partial charge is 0.257 e. The van der Waals surface area contributed by atoms with E-state index in [-0.39, 0.29) is 5.91 Å². The number of thiazole rings is 1. The molecule has 8 heteroatoms. The number of ether oxygens (including phenoxy) is 2. The molecular weight excluding hydrogens is 448 g/mol. The van der Waals surface area contributed by atoms with E-state index in [0.717, 1.165) is 46.1 Å². The van der Waals surface area contributed by atoms with E-state index < -0.39 is 0 Å². The number of methoxy groups -OCH3 is 1. The van der Waals surface area contributed by atoms with Crippen molar-refractivity contribution in [1.82, 2.24) is 9.97 Å². The van der Waals surface area contributed by atoms with Gasteiger partial charge in [0.2, 0.25) is 0 Å². The van der Waals surface area contributed by atoms with Gasteiger partial charge in [0, 0.05) is 48.2 Å². The molecule has 4 rings (SSSR count). The third-order valence-electron chi connectivity index (χ3n) is 5.15. The number of nitrogens with one attached hydrogen (secondary N) is 2. The van der Waals surface area contributed by atoms with E-state index in [2.05, 4.69) is 20.6 Å². The zero-order valence-corrected chi connectivity index (χ0v) is 20.1. The molecule has 0 unspecified atom stereocenters. The predicted octanol–water partition coefficient (Wildman–Crippen LogP) is 5.92. The van der Waals surface area contributed by atoms with Crippen LogP contribution in [0.3, 0.4) is 0 Å². The second-order valence-electron chi connectivity index (χ2n) is 7.71. The van der Waals surface area contributed by atoms with Gasteiger partial charge in [-0.1, -0.05) is 0 Å². The fourth-order valence-electron chi connectivity index (χ4n) is 3.58. The number of rotatable bonds is 9. The first-order chi connectivity index (χ1) is 16.5. The van der Waals surface area contributed by atoms with Gasteiger partial charge in [-0.25, -0.2) is 4.98 Å². The minimum atomic E-state index is -0.208. The Kier molecular flexibility index (Phi) is 7.51. The van der Waals surface area contributed by atoms with Crippen molar-refractivity contribution in [3.8, 4) is 22.8 Å². The quantitative estimate of drug-likeness (QED) is 0.293. The number of amides is 1. The fraction of sp³-hybridized carbons (Fsp3) is 0.192. The van der Waals surface area contributed by atoms with Crippen molar-refractivity contribution in [1.29, 1.82) is 0 Å². The zero-order chi connectivity index (χ0) is 23.9. The number of hydrogen-bond acceptors (Lipinski definition) is 7. The number of nitrogens with zero attached hydrogens (tertiary/aromatic N) is 2. The van der Waals surface area contributed by atoms with Gasteiger partial charge < -0.3 is 14.8 Å². The molecule has 174 valence electrons. The number of aromatic nitrogens is 2. The lowest BCUT2D eigenvalue weighted by atomic mass is 10.0. The van der Waals surface area contributed by atoms with Crippen LogP contribution in [0.25, 0.3) is 11.3 Å². The molecule has 0 spiro atoms. The Hall–Kier alpha value is -3.75. The summed E-state index contributed by atoms with van der Waals surface area (Å²) >= 11 is 1.40. The number of pyridine rings is 1. The molecule has 0 aliphatic carbocycles. The van der Waals surface area contributed by atoms with Crippen molar-refractivity contribution in [2.24, 2.45) is 0 Å². The van der Waals surface area contributed by atoms with Crippen molar-refractivity contribution in [3.63, 3.8) is 0 Å². The van der Waals surface area contributed by atoms with Gasteiger partial charge in [0.25, 0.3) is 5.91 Å². The van der Waals surface area contributed by atoms with Gasteiger partial charge in [-0.05, 0) is 73.5 Å².